The molecular formula is C20H31N3O. The molecule has 1 aliphatic heterocycles. The third-order valence-corrected chi connectivity index (χ3v) is 5.60. The maximum atomic E-state index is 12.0. The molecule has 4 nitrogen and oxygen atoms in total. The SMILES string of the molecule is Cc1ccccc1CN1CCC(NC(=O)NCC2CCCC2)CC1. The second-order valence-electron chi connectivity index (χ2n) is 7.48. The zero-order chi connectivity index (χ0) is 16.8. The fourth-order valence-electron chi connectivity index (χ4n) is 3.95. The smallest absolute Gasteiger partial charge is 0.315 e. The van der Waals surface area contributed by atoms with E-state index < -0.39 is 0 Å². The van der Waals surface area contributed by atoms with Crippen molar-refractivity contribution in [3.8, 4) is 0 Å². The van der Waals surface area contributed by atoms with Crippen LogP contribution in [0.4, 0.5) is 4.79 Å². The van der Waals surface area contributed by atoms with Gasteiger partial charge in [-0.1, -0.05) is 37.1 Å². The van der Waals surface area contributed by atoms with Crippen LogP contribution >= 0.6 is 0 Å². The molecule has 1 saturated carbocycles. The Labute approximate surface area is 146 Å². The summed E-state index contributed by atoms with van der Waals surface area (Å²) < 4.78 is 0. The van der Waals surface area contributed by atoms with Crippen LogP contribution in [-0.2, 0) is 6.54 Å². The van der Waals surface area contributed by atoms with Crippen molar-refractivity contribution in [2.24, 2.45) is 5.92 Å². The van der Waals surface area contributed by atoms with E-state index in [1.807, 2.05) is 0 Å². The zero-order valence-electron chi connectivity index (χ0n) is 14.9. The van der Waals surface area contributed by atoms with Crippen molar-refractivity contribution in [1.29, 1.82) is 0 Å². The molecule has 2 fully saturated rings. The molecule has 24 heavy (non-hydrogen) atoms. The highest BCUT2D eigenvalue weighted by molar-refractivity contribution is 5.74. The second-order valence-corrected chi connectivity index (χ2v) is 7.48. The molecule has 1 saturated heterocycles. The van der Waals surface area contributed by atoms with Crippen molar-refractivity contribution < 1.29 is 4.79 Å². The number of nitrogens with one attached hydrogen (secondary N) is 2. The summed E-state index contributed by atoms with van der Waals surface area (Å²) in [7, 11) is 0. The first kappa shape index (κ1) is 17.3. The lowest BCUT2D eigenvalue weighted by molar-refractivity contribution is 0.186. The summed E-state index contributed by atoms with van der Waals surface area (Å²) in [5, 5.41) is 6.23. The third-order valence-electron chi connectivity index (χ3n) is 5.60. The van der Waals surface area contributed by atoms with E-state index in [0.29, 0.717) is 12.0 Å². The first-order valence-electron chi connectivity index (χ1n) is 9.52. The number of hydrogen-bond donors (Lipinski definition) is 2. The van der Waals surface area contributed by atoms with E-state index in [1.54, 1.807) is 0 Å². The zero-order valence-corrected chi connectivity index (χ0v) is 14.9. The van der Waals surface area contributed by atoms with E-state index in [-0.39, 0.29) is 6.03 Å². The Balaban J connectivity index is 1.35. The van der Waals surface area contributed by atoms with Crippen molar-refractivity contribution in [2.45, 2.75) is 58.0 Å². The van der Waals surface area contributed by atoms with Gasteiger partial charge < -0.3 is 10.6 Å². The summed E-state index contributed by atoms with van der Waals surface area (Å²) in [6.07, 6.45) is 7.29. The highest BCUT2D eigenvalue weighted by Crippen LogP contribution is 2.23. The first-order valence-corrected chi connectivity index (χ1v) is 9.52. The molecule has 1 aliphatic carbocycles. The fourth-order valence-corrected chi connectivity index (χ4v) is 3.95. The van der Waals surface area contributed by atoms with Crippen molar-refractivity contribution in [3.05, 3.63) is 35.4 Å². The van der Waals surface area contributed by atoms with E-state index in [1.165, 1.54) is 36.8 Å². The Bertz CT molecular complexity index is 531. The number of benzene rings is 1. The lowest BCUT2D eigenvalue weighted by atomic mass is 10.0. The Morgan fingerprint density at radius 1 is 1.12 bits per heavy atom. The van der Waals surface area contributed by atoms with Crippen molar-refractivity contribution in [1.82, 2.24) is 15.5 Å². The molecule has 2 amide bonds. The average Bonchev–Trinajstić information content (AvgIpc) is 3.10. The van der Waals surface area contributed by atoms with Crippen LogP contribution in [-0.4, -0.2) is 36.6 Å². The highest BCUT2D eigenvalue weighted by atomic mass is 16.2. The predicted octanol–water partition coefficient (Wildman–Crippen LogP) is 3.45. The van der Waals surface area contributed by atoms with Crippen molar-refractivity contribution in [2.75, 3.05) is 19.6 Å². The Hall–Kier alpha value is -1.55. The summed E-state index contributed by atoms with van der Waals surface area (Å²) in [5.74, 6) is 0.701. The molecule has 132 valence electrons. The molecule has 0 bridgehead atoms. The van der Waals surface area contributed by atoms with E-state index >= 15 is 0 Å². The summed E-state index contributed by atoms with van der Waals surface area (Å²) >= 11 is 0. The highest BCUT2D eigenvalue weighted by Gasteiger charge is 2.21. The number of urea groups is 1. The molecule has 0 aromatic heterocycles. The van der Waals surface area contributed by atoms with Gasteiger partial charge in [0, 0.05) is 32.2 Å². The number of nitrogens with zero attached hydrogens (tertiary/aromatic N) is 1. The lowest BCUT2D eigenvalue weighted by Crippen LogP contribution is -2.48. The van der Waals surface area contributed by atoms with Gasteiger partial charge in [0.2, 0.25) is 0 Å². The number of carbonyl (C=O) groups excluding carboxylic acids is 1. The van der Waals surface area contributed by atoms with Crippen LogP contribution < -0.4 is 10.6 Å². The number of piperidine rings is 1. The molecule has 4 heteroatoms. The van der Waals surface area contributed by atoms with Gasteiger partial charge in [-0.05, 0) is 49.7 Å². The van der Waals surface area contributed by atoms with Gasteiger partial charge in [0.1, 0.15) is 0 Å². The average molecular weight is 329 g/mol. The molecule has 2 aliphatic rings. The van der Waals surface area contributed by atoms with Crippen LogP contribution in [0.1, 0.15) is 49.7 Å². The standard InChI is InChI=1S/C20H31N3O/c1-16-6-2-5-9-18(16)15-23-12-10-19(11-13-23)22-20(24)21-14-17-7-3-4-8-17/h2,5-6,9,17,19H,3-4,7-8,10-15H2,1H3,(H2,21,22,24). The molecule has 3 rings (SSSR count). The van der Waals surface area contributed by atoms with Gasteiger partial charge in [0.25, 0.3) is 0 Å². The molecule has 0 radical (unpaired) electrons. The van der Waals surface area contributed by atoms with Gasteiger partial charge in [0.15, 0.2) is 0 Å². The first-order chi connectivity index (χ1) is 11.7. The lowest BCUT2D eigenvalue weighted by Gasteiger charge is -2.32. The largest absolute Gasteiger partial charge is 0.338 e. The third kappa shape index (κ3) is 4.97. The molecule has 1 heterocycles. The summed E-state index contributed by atoms with van der Waals surface area (Å²) in [6, 6.07) is 8.96. The Kier molecular flexibility index (Phi) is 6.13. The molecule has 0 atom stereocenters. The van der Waals surface area contributed by atoms with E-state index in [2.05, 4.69) is 46.7 Å². The maximum absolute atomic E-state index is 12.0. The number of hydrogen-bond acceptors (Lipinski definition) is 2. The summed E-state index contributed by atoms with van der Waals surface area (Å²) in [6.45, 7) is 6.16. The number of carbonyl (C=O) groups is 1. The van der Waals surface area contributed by atoms with Crippen LogP contribution in [0.25, 0.3) is 0 Å². The summed E-state index contributed by atoms with van der Waals surface area (Å²) in [5.41, 5.74) is 2.78. The minimum atomic E-state index is 0.0271. The predicted molar refractivity (Wildman–Crippen MR) is 98.0 cm³/mol. The van der Waals surface area contributed by atoms with Gasteiger partial charge in [-0.3, -0.25) is 4.90 Å². The quantitative estimate of drug-likeness (QED) is 0.869. The topological polar surface area (TPSA) is 44.4 Å². The van der Waals surface area contributed by atoms with E-state index in [9.17, 15) is 4.79 Å². The van der Waals surface area contributed by atoms with Crippen molar-refractivity contribution in [3.63, 3.8) is 0 Å². The second kappa shape index (κ2) is 8.52. The van der Waals surface area contributed by atoms with Crippen LogP contribution in [0.15, 0.2) is 24.3 Å². The number of amides is 2. The van der Waals surface area contributed by atoms with Gasteiger partial charge in [-0.2, -0.15) is 0 Å². The minimum Gasteiger partial charge on any atom is -0.338 e. The van der Waals surface area contributed by atoms with E-state index in [4.69, 9.17) is 0 Å². The normalized spacial score (nSPS) is 20.2. The molecule has 1 aromatic carbocycles. The fraction of sp³-hybridized carbons (Fsp3) is 0.650. The van der Waals surface area contributed by atoms with E-state index in [0.717, 1.165) is 39.0 Å². The molecule has 2 N–H and O–H groups in total. The molecule has 0 unspecified atom stereocenters. The maximum Gasteiger partial charge on any atom is 0.315 e. The minimum absolute atomic E-state index is 0.0271. The molecule has 0 spiro atoms. The van der Waals surface area contributed by atoms with Crippen LogP contribution in [0, 0.1) is 12.8 Å². The van der Waals surface area contributed by atoms with Gasteiger partial charge in [-0.25, -0.2) is 4.79 Å². The molecule has 1 aromatic rings. The Morgan fingerprint density at radius 3 is 2.54 bits per heavy atom. The Morgan fingerprint density at radius 2 is 1.83 bits per heavy atom. The molecular weight excluding hydrogens is 298 g/mol. The number of likely N-dealkylation sites (tertiary alicyclic amines) is 1. The van der Waals surface area contributed by atoms with Crippen LogP contribution in [0.3, 0.4) is 0 Å². The van der Waals surface area contributed by atoms with Crippen LogP contribution in [0.5, 0.6) is 0 Å². The van der Waals surface area contributed by atoms with Crippen molar-refractivity contribution >= 4 is 6.03 Å². The van der Waals surface area contributed by atoms with Gasteiger partial charge in [0.05, 0.1) is 0 Å². The number of aryl methyl sites for hydroxylation is 1. The summed E-state index contributed by atoms with van der Waals surface area (Å²) in [4.78, 5) is 14.5. The number of rotatable bonds is 5. The van der Waals surface area contributed by atoms with Crippen LogP contribution in [0.2, 0.25) is 0 Å². The van der Waals surface area contributed by atoms with Gasteiger partial charge >= 0.3 is 6.03 Å². The monoisotopic (exact) mass is 329 g/mol. The van der Waals surface area contributed by atoms with Gasteiger partial charge in [-0.15, -0.1) is 0 Å².